The quantitative estimate of drug-likeness (QED) is 0.696. The lowest BCUT2D eigenvalue weighted by Gasteiger charge is -2.13. The average Bonchev–Trinajstić information content (AvgIpc) is 2.48. The van der Waals surface area contributed by atoms with Crippen LogP contribution in [0.4, 0.5) is 0 Å². The fraction of sp³-hybridized carbons (Fsp3) is 0.389. The minimum Gasteiger partial charge on any atom is -0.212 e. The summed E-state index contributed by atoms with van der Waals surface area (Å²) in [6, 6.07) is 12.7. The number of rotatable bonds is 3. The summed E-state index contributed by atoms with van der Waals surface area (Å²) in [5, 5.41) is 0. The number of benzene rings is 1. The lowest BCUT2D eigenvalue weighted by Crippen LogP contribution is -2.07. The van der Waals surface area contributed by atoms with Gasteiger partial charge in [0.2, 0.25) is 0 Å². The van der Waals surface area contributed by atoms with Crippen LogP contribution in [0.15, 0.2) is 40.8 Å². The molecule has 19 heavy (non-hydrogen) atoms. The summed E-state index contributed by atoms with van der Waals surface area (Å²) in [6.07, 6.45) is 7.24. The maximum absolute atomic E-state index is 6.20. The van der Waals surface area contributed by atoms with E-state index in [1.807, 2.05) is 0 Å². The van der Waals surface area contributed by atoms with Crippen molar-refractivity contribution in [3.8, 4) is 11.3 Å². The Bertz CT molecular complexity index is 557. The van der Waals surface area contributed by atoms with Crippen molar-refractivity contribution in [1.29, 1.82) is 0 Å². The predicted molar refractivity (Wildman–Crippen MR) is 79.2 cm³/mol. The molecule has 3 rings (SSSR count). The fourth-order valence-electron chi connectivity index (χ4n) is 2.96. The van der Waals surface area contributed by atoms with E-state index in [1.165, 1.54) is 48.1 Å². The normalized spacial score (nSPS) is 14.2. The van der Waals surface area contributed by atoms with Crippen LogP contribution in [-0.2, 0) is 19.3 Å². The van der Waals surface area contributed by atoms with Crippen molar-refractivity contribution in [1.82, 2.24) is 0 Å². The zero-order valence-corrected chi connectivity index (χ0v) is 11.6. The van der Waals surface area contributed by atoms with Crippen molar-refractivity contribution in [3.63, 3.8) is 0 Å². The molecule has 0 unspecified atom stereocenters. The van der Waals surface area contributed by atoms with Crippen molar-refractivity contribution >= 4 is 0 Å². The Kier molecular flexibility index (Phi) is 3.63. The monoisotopic (exact) mass is 253 g/mol. The van der Waals surface area contributed by atoms with Gasteiger partial charge in [-0.25, -0.2) is 4.42 Å². The van der Waals surface area contributed by atoms with E-state index in [1.54, 1.807) is 0 Å². The van der Waals surface area contributed by atoms with Crippen molar-refractivity contribution in [2.75, 3.05) is 0 Å². The molecule has 0 amide bonds. The molecule has 1 heteroatoms. The number of hydrogen-bond acceptors (Lipinski definition) is 0. The Labute approximate surface area is 115 Å². The van der Waals surface area contributed by atoms with Crippen LogP contribution in [0.3, 0.4) is 0 Å². The van der Waals surface area contributed by atoms with Crippen molar-refractivity contribution in [2.45, 2.75) is 45.4 Å². The Morgan fingerprint density at radius 2 is 1.84 bits per heavy atom. The van der Waals surface area contributed by atoms with Crippen molar-refractivity contribution < 1.29 is 4.42 Å². The van der Waals surface area contributed by atoms with Crippen LogP contribution in [-0.4, -0.2) is 0 Å². The van der Waals surface area contributed by atoms with Crippen molar-refractivity contribution in [3.05, 3.63) is 53.3 Å². The molecule has 0 bridgehead atoms. The molecular formula is C18H21O+. The first-order chi connectivity index (χ1) is 9.38. The summed E-state index contributed by atoms with van der Waals surface area (Å²) < 4.78 is 6.20. The molecule has 0 radical (unpaired) electrons. The van der Waals surface area contributed by atoms with Gasteiger partial charge in [-0.1, -0.05) is 25.1 Å². The van der Waals surface area contributed by atoms with Crippen LogP contribution < -0.4 is 0 Å². The van der Waals surface area contributed by atoms with Crippen LogP contribution in [0, 0.1) is 0 Å². The fourth-order valence-corrected chi connectivity index (χ4v) is 2.96. The van der Waals surface area contributed by atoms with Crippen LogP contribution >= 0.6 is 0 Å². The highest BCUT2D eigenvalue weighted by atomic mass is 16.3. The van der Waals surface area contributed by atoms with Crippen LogP contribution in [0.1, 0.15) is 43.1 Å². The molecule has 1 aromatic carbocycles. The lowest BCUT2D eigenvalue weighted by molar-refractivity contribution is 0.481. The highest BCUT2D eigenvalue weighted by Crippen LogP contribution is 2.31. The SMILES string of the molecule is CCCc1[o+]c(-c2ccccc2)cc2c1CCCC2. The van der Waals surface area contributed by atoms with Crippen LogP contribution in [0.25, 0.3) is 11.3 Å². The van der Waals surface area contributed by atoms with Gasteiger partial charge in [-0.3, -0.25) is 0 Å². The molecule has 1 aromatic heterocycles. The summed E-state index contributed by atoms with van der Waals surface area (Å²) in [5.41, 5.74) is 4.20. The van der Waals surface area contributed by atoms with Gasteiger partial charge in [0.05, 0.1) is 17.5 Å². The largest absolute Gasteiger partial charge is 0.360 e. The summed E-state index contributed by atoms with van der Waals surface area (Å²) in [7, 11) is 0. The van der Waals surface area contributed by atoms with Gasteiger partial charge in [0, 0.05) is 6.07 Å². The maximum atomic E-state index is 6.20. The molecule has 2 aromatic rings. The zero-order valence-electron chi connectivity index (χ0n) is 11.6. The summed E-state index contributed by atoms with van der Waals surface area (Å²) in [6.45, 7) is 2.22. The second-order valence-electron chi connectivity index (χ2n) is 5.36. The molecule has 0 saturated heterocycles. The predicted octanol–water partition coefficient (Wildman–Crippen LogP) is 5.06. The van der Waals surface area contributed by atoms with Gasteiger partial charge in [0.1, 0.15) is 0 Å². The maximum Gasteiger partial charge on any atom is 0.360 e. The van der Waals surface area contributed by atoms with Gasteiger partial charge in [0.25, 0.3) is 0 Å². The van der Waals surface area contributed by atoms with E-state index in [0.29, 0.717) is 0 Å². The van der Waals surface area contributed by atoms with Gasteiger partial charge in [-0.15, -0.1) is 0 Å². The second-order valence-corrected chi connectivity index (χ2v) is 5.36. The van der Waals surface area contributed by atoms with Crippen LogP contribution in [0.2, 0.25) is 0 Å². The first-order valence-electron chi connectivity index (χ1n) is 7.41. The standard InChI is InChI=1S/C18H21O/c1-2-8-17-16-12-7-6-11-15(16)13-18(19-17)14-9-4-3-5-10-14/h3-5,9-10,13H,2,6-8,11-12H2,1H3/q+1. The zero-order chi connectivity index (χ0) is 13.1. The highest BCUT2D eigenvalue weighted by Gasteiger charge is 2.25. The number of hydrogen-bond donors (Lipinski definition) is 0. The van der Waals surface area contributed by atoms with Gasteiger partial charge in [-0.2, -0.15) is 0 Å². The first kappa shape index (κ1) is 12.4. The van der Waals surface area contributed by atoms with Gasteiger partial charge in [0.15, 0.2) is 0 Å². The smallest absolute Gasteiger partial charge is 0.212 e. The number of fused-ring (bicyclic) bond motifs is 1. The minimum atomic E-state index is 1.03. The van der Waals surface area contributed by atoms with E-state index in [-0.39, 0.29) is 0 Å². The lowest BCUT2D eigenvalue weighted by atomic mass is 9.89. The third-order valence-electron chi connectivity index (χ3n) is 3.92. The van der Waals surface area contributed by atoms with Gasteiger partial charge < -0.3 is 0 Å². The average molecular weight is 253 g/mol. The van der Waals surface area contributed by atoms with E-state index in [4.69, 9.17) is 4.42 Å². The van der Waals surface area contributed by atoms with Gasteiger partial charge in [-0.05, 0) is 49.8 Å². The van der Waals surface area contributed by atoms with E-state index >= 15 is 0 Å². The molecule has 1 nitrogen and oxygen atoms in total. The Hall–Kier alpha value is -1.63. The van der Waals surface area contributed by atoms with Crippen molar-refractivity contribution in [2.24, 2.45) is 0 Å². The molecule has 1 aliphatic carbocycles. The molecule has 0 aliphatic heterocycles. The molecule has 0 fully saturated rings. The van der Waals surface area contributed by atoms with E-state index in [0.717, 1.165) is 18.6 Å². The molecule has 0 atom stereocenters. The molecular weight excluding hydrogens is 232 g/mol. The molecule has 0 N–H and O–H groups in total. The number of aryl methyl sites for hydroxylation is 2. The third-order valence-corrected chi connectivity index (χ3v) is 3.92. The highest BCUT2D eigenvalue weighted by molar-refractivity contribution is 5.58. The Morgan fingerprint density at radius 3 is 2.63 bits per heavy atom. The molecule has 0 saturated carbocycles. The second kappa shape index (κ2) is 5.56. The Morgan fingerprint density at radius 1 is 1.05 bits per heavy atom. The minimum absolute atomic E-state index is 1.03. The topological polar surface area (TPSA) is 11.3 Å². The van der Waals surface area contributed by atoms with E-state index in [2.05, 4.69) is 43.3 Å². The molecule has 98 valence electrons. The summed E-state index contributed by atoms with van der Waals surface area (Å²) in [4.78, 5) is 0. The molecule has 1 heterocycles. The first-order valence-corrected chi connectivity index (χ1v) is 7.41. The summed E-state index contributed by atoms with van der Waals surface area (Å²) >= 11 is 0. The summed E-state index contributed by atoms with van der Waals surface area (Å²) in [5.74, 6) is 2.25. The van der Waals surface area contributed by atoms with E-state index < -0.39 is 0 Å². The molecule has 1 aliphatic rings. The Balaban J connectivity index is 2.09. The van der Waals surface area contributed by atoms with Crippen LogP contribution in [0.5, 0.6) is 0 Å². The third kappa shape index (κ3) is 2.56. The van der Waals surface area contributed by atoms with E-state index in [9.17, 15) is 0 Å². The molecule has 0 spiro atoms. The van der Waals surface area contributed by atoms with Gasteiger partial charge >= 0.3 is 11.5 Å².